The average molecular weight is 264 g/mol. The summed E-state index contributed by atoms with van der Waals surface area (Å²) in [5, 5.41) is 8.94. The van der Waals surface area contributed by atoms with Crippen molar-refractivity contribution in [2.24, 2.45) is 0 Å². The van der Waals surface area contributed by atoms with Crippen molar-refractivity contribution in [1.82, 2.24) is 14.5 Å². The highest BCUT2D eigenvalue weighted by molar-refractivity contribution is 6.29. The predicted molar refractivity (Wildman–Crippen MR) is 67.2 cm³/mol. The second kappa shape index (κ2) is 5.46. The van der Waals surface area contributed by atoms with E-state index in [2.05, 4.69) is 9.97 Å². The van der Waals surface area contributed by atoms with Gasteiger partial charge in [0.15, 0.2) is 0 Å². The van der Waals surface area contributed by atoms with Gasteiger partial charge in [0.2, 0.25) is 0 Å². The van der Waals surface area contributed by atoms with E-state index in [0.717, 1.165) is 17.3 Å². The van der Waals surface area contributed by atoms with E-state index in [1.165, 1.54) is 6.08 Å². The van der Waals surface area contributed by atoms with Crippen molar-refractivity contribution >= 4 is 23.6 Å². The number of carboxylic acids is 1. The van der Waals surface area contributed by atoms with Crippen LogP contribution in [0, 0.1) is 0 Å². The Morgan fingerprint density at radius 1 is 1.44 bits per heavy atom. The predicted octanol–water partition coefficient (Wildman–Crippen LogP) is 2.08. The molecule has 0 aliphatic carbocycles. The molecule has 2 aromatic rings. The Hall–Kier alpha value is -2.14. The molecular weight excluding hydrogens is 254 g/mol. The molecule has 0 atom stereocenters. The normalized spacial score (nSPS) is 10.9. The van der Waals surface area contributed by atoms with Crippen molar-refractivity contribution in [2.75, 3.05) is 0 Å². The third-order valence-corrected chi connectivity index (χ3v) is 2.41. The van der Waals surface area contributed by atoms with Gasteiger partial charge in [-0.05, 0) is 17.7 Å². The fourth-order valence-corrected chi connectivity index (χ4v) is 1.57. The highest BCUT2D eigenvalue weighted by Gasteiger charge is 1.98. The molecule has 0 radical (unpaired) electrons. The van der Waals surface area contributed by atoms with Crippen LogP contribution >= 0.6 is 11.6 Å². The standard InChI is InChI=1S/C12H10ClN3O2/c13-11-7-16(8-15-11)6-10-3-1-9(5-14-10)2-4-12(17)18/h1-5,7-8H,6H2,(H,17,18)/b4-2+. The molecular formula is C12H10ClN3O2. The van der Waals surface area contributed by atoms with Crippen molar-refractivity contribution in [3.05, 3.63) is 53.3 Å². The maximum Gasteiger partial charge on any atom is 0.328 e. The van der Waals surface area contributed by atoms with Crippen molar-refractivity contribution < 1.29 is 9.90 Å². The number of hydrogen-bond acceptors (Lipinski definition) is 3. The van der Waals surface area contributed by atoms with Crippen LogP contribution in [0.3, 0.4) is 0 Å². The summed E-state index contributed by atoms with van der Waals surface area (Å²) >= 11 is 5.71. The van der Waals surface area contributed by atoms with Gasteiger partial charge >= 0.3 is 5.97 Å². The molecule has 2 rings (SSSR count). The van der Waals surface area contributed by atoms with Gasteiger partial charge in [-0.1, -0.05) is 17.7 Å². The minimum atomic E-state index is -0.980. The van der Waals surface area contributed by atoms with E-state index in [9.17, 15) is 4.79 Å². The molecule has 0 amide bonds. The molecule has 0 unspecified atom stereocenters. The van der Waals surface area contributed by atoms with Crippen LogP contribution < -0.4 is 0 Å². The zero-order valence-electron chi connectivity index (χ0n) is 9.32. The minimum absolute atomic E-state index is 0.441. The van der Waals surface area contributed by atoms with E-state index in [1.54, 1.807) is 24.8 Å². The molecule has 0 bridgehead atoms. The first-order valence-electron chi connectivity index (χ1n) is 5.17. The Morgan fingerprint density at radius 3 is 2.83 bits per heavy atom. The van der Waals surface area contributed by atoms with Gasteiger partial charge in [0.25, 0.3) is 0 Å². The summed E-state index contributed by atoms with van der Waals surface area (Å²) in [4.78, 5) is 18.5. The Morgan fingerprint density at radius 2 is 2.28 bits per heavy atom. The zero-order valence-corrected chi connectivity index (χ0v) is 10.1. The van der Waals surface area contributed by atoms with E-state index in [-0.39, 0.29) is 0 Å². The molecule has 92 valence electrons. The van der Waals surface area contributed by atoms with Crippen LogP contribution in [0.2, 0.25) is 5.15 Å². The number of nitrogens with zero attached hydrogens (tertiary/aromatic N) is 3. The van der Waals surface area contributed by atoms with Gasteiger partial charge in [0, 0.05) is 18.5 Å². The lowest BCUT2D eigenvalue weighted by atomic mass is 10.2. The van der Waals surface area contributed by atoms with Gasteiger partial charge in [-0.2, -0.15) is 0 Å². The number of carbonyl (C=O) groups is 1. The number of rotatable bonds is 4. The van der Waals surface area contributed by atoms with E-state index in [1.807, 2.05) is 10.6 Å². The van der Waals surface area contributed by atoms with Gasteiger partial charge in [0.1, 0.15) is 5.15 Å². The molecule has 6 heteroatoms. The topological polar surface area (TPSA) is 68.0 Å². The molecule has 0 fully saturated rings. The van der Waals surface area contributed by atoms with E-state index >= 15 is 0 Å². The number of aliphatic carboxylic acids is 1. The molecule has 0 aliphatic rings. The molecule has 0 saturated carbocycles. The molecule has 5 nitrogen and oxygen atoms in total. The molecule has 2 aromatic heterocycles. The van der Waals surface area contributed by atoms with Crippen LogP contribution in [0.15, 0.2) is 36.9 Å². The van der Waals surface area contributed by atoms with E-state index in [0.29, 0.717) is 11.7 Å². The number of pyridine rings is 1. The van der Waals surface area contributed by atoms with Gasteiger partial charge in [0.05, 0.1) is 18.6 Å². The number of halogens is 1. The molecule has 1 N–H and O–H groups in total. The first-order chi connectivity index (χ1) is 8.63. The lowest BCUT2D eigenvalue weighted by Gasteiger charge is -2.01. The first kappa shape index (κ1) is 12.3. The van der Waals surface area contributed by atoms with Crippen LogP contribution in [-0.2, 0) is 11.3 Å². The molecule has 0 aliphatic heterocycles. The molecule has 18 heavy (non-hydrogen) atoms. The number of imidazole rings is 1. The third-order valence-electron chi connectivity index (χ3n) is 2.21. The van der Waals surface area contributed by atoms with Crippen molar-refractivity contribution in [3.63, 3.8) is 0 Å². The summed E-state index contributed by atoms with van der Waals surface area (Å²) in [7, 11) is 0. The number of carboxylic acid groups (broad SMARTS) is 1. The number of aromatic nitrogens is 3. The van der Waals surface area contributed by atoms with Crippen LogP contribution in [0.4, 0.5) is 0 Å². The van der Waals surface area contributed by atoms with Crippen LogP contribution in [0.5, 0.6) is 0 Å². The second-order valence-corrected chi connectivity index (χ2v) is 4.01. The largest absolute Gasteiger partial charge is 0.478 e. The quantitative estimate of drug-likeness (QED) is 0.858. The Bertz CT molecular complexity index is 575. The Kier molecular flexibility index (Phi) is 3.74. The van der Waals surface area contributed by atoms with Crippen molar-refractivity contribution in [3.8, 4) is 0 Å². The lowest BCUT2D eigenvalue weighted by Crippen LogP contribution is -1.98. The van der Waals surface area contributed by atoms with E-state index < -0.39 is 5.97 Å². The highest BCUT2D eigenvalue weighted by atomic mass is 35.5. The minimum Gasteiger partial charge on any atom is -0.478 e. The van der Waals surface area contributed by atoms with Crippen molar-refractivity contribution in [1.29, 1.82) is 0 Å². The summed E-state index contributed by atoms with van der Waals surface area (Å²) in [6.07, 6.45) is 7.52. The maximum absolute atomic E-state index is 10.4. The number of hydrogen-bond donors (Lipinski definition) is 1. The van der Waals surface area contributed by atoms with Crippen LogP contribution in [-0.4, -0.2) is 25.6 Å². The highest BCUT2D eigenvalue weighted by Crippen LogP contribution is 2.07. The van der Waals surface area contributed by atoms with Crippen LogP contribution in [0.25, 0.3) is 6.08 Å². The molecule has 0 aromatic carbocycles. The van der Waals surface area contributed by atoms with E-state index in [4.69, 9.17) is 16.7 Å². The Balaban J connectivity index is 2.06. The summed E-state index contributed by atoms with van der Waals surface area (Å²) in [6, 6.07) is 3.63. The van der Waals surface area contributed by atoms with Gasteiger partial charge in [-0.25, -0.2) is 9.78 Å². The summed E-state index contributed by atoms with van der Waals surface area (Å²) in [5.74, 6) is -0.980. The smallest absolute Gasteiger partial charge is 0.328 e. The van der Waals surface area contributed by atoms with Crippen molar-refractivity contribution in [2.45, 2.75) is 6.54 Å². The van der Waals surface area contributed by atoms with Gasteiger partial charge in [-0.3, -0.25) is 4.98 Å². The van der Waals surface area contributed by atoms with Gasteiger partial charge < -0.3 is 9.67 Å². The Labute approximate surface area is 108 Å². The molecule has 2 heterocycles. The molecule has 0 spiro atoms. The van der Waals surface area contributed by atoms with Gasteiger partial charge in [-0.15, -0.1) is 0 Å². The first-order valence-corrected chi connectivity index (χ1v) is 5.54. The third kappa shape index (κ3) is 3.43. The fraction of sp³-hybridized carbons (Fsp3) is 0.0833. The maximum atomic E-state index is 10.4. The average Bonchev–Trinajstić information content (AvgIpc) is 2.74. The zero-order chi connectivity index (χ0) is 13.0. The molecule has 0 saturated heterocycles. The SMILES string of the molecule is O=C(O)/C=C/c1ccc(Cn2cnc(Cl)c2)nc1. The summed E-state index contributed by atoms with van der Waals surface area (Å²) in [6.45, 7) is 0.572. The second-order valence-electron chi connectivity index (χ2n) is 3.62. The lowest BCUT2D eigenvalue weighted by molar-refractivity contribution is -0.131. The van der Waals surface area contributed by atoms with Crippen LogP contribution in [0.1, 0.15) is 11.3 Å². The monoisotopic (exact) mass is 263 g/mol. The fourth-order valence-electron chi connectivity index (χ4n) is 1.40. The summed E-state index contributed by atoms with van der Waals surface area (Å²) in [5.41, 5.74) is 1.58. The summed E-state index contributed by atoms with van der Waals surface area (Å²) < 4.78 is 1.82.